The average Bonchev–Trinajstić information content (AvgIpc) is 2.50. The van der Waals surface area contributed by atoms with Crippen molar-refractivity contribution in [3.8, 4) is 0 Å². The van der Waals surface area contributed by atoms with Crippen LogP contribution in [0.5, 0.6) is 0 Å². The number of aryl methyl sites for hydroxylation is 2. The minimum Gasteiger partial charge on any atom is -0.361 e. The Balaban J connectivity index is 2.10. The number of rotatable bonds is 2. The van der Waals surface area contributed by atoms with Crippen LogP contribution < -0.4 is 0 Å². The molecule has 1 aromatic heterocycles. The minimum atomic E-state index is 0.690. The van der Waals surface area contributed by atoms with Gasteiger partial charge in [0.15, 0.2) is 0 Å². The van der Waals surface area contributed by atoms with Gasteiger partial charge in [-0.1, -0.05) is 16.8 Å². The lowest BCUT2D eigenvalue weighted by Crippen LogP contribution is -2.25. The average molecular weight is 226 g/mol. The van der Waals surface area contributed by atoms with Crippen LogP contribution in [-0.4, -0.2) is 22.9 Å². The van der Waals surface area contributed by atoms with E-state index in [2.05, 4.69) is 10.1 Å². The minimum absolute atomic E-state index is 0.690. The van der Waals surface area contributed by atoms with E-state index >= 15 is 0 Å². The van der Waals surface area contributed by atoms with Crippen molar-refractivity contribution in [1.82, 2.24) is 10.1 Å². The zero-order chi connectivity index (χ0) is 10.8. The fourth-order valence-corrected chi connectivity index (χ4v) is 1.72. The summed E-state index contributed by atoms with van der Waals surface area (Å²) < 4.78 is 5.09. The largest absolute Gasteiger partial charge is 0.361 e. The van der Waals surface area contributed by atoms with Gasteiger partial charge in [0.25, 0.3) is 0 Å². The van der Waals surface area contributed by atoms with Crippen molar-refractivity contribution in [3.05, 3.63) is 28.2 Å². The summed E-state index contributed by atoms with van der Waals surface area (Å²) in [5.41, 5.74) is 2.03. The highest BCUT2D eigenvalue weighted by atomic mass is 35.5. The third kappa shape index (κ3) is 2.21. The number of hydrogen-bond acceptors (Lipinski definition) is 4. The first-order chi connectivity index (χ1) is 7.16. The molecule has 4 nitrogen and oxygen atoms in total. The molecule has 0 atom stereocenters. The highest BCUT2D eigenvalue weighted by molar-refractivity contribution is 6.30. The van der Waals surface area contributed by atoms with E-state index in [9.17, 15) is 0 Å². The molecule has 1 aliphatic rings. The van der Waals surface area contributed by atoms with Gasteiger partial charge in [0.1, 0.15) is 5.76 Å². The van der Waals surface area contributed by atoms with Crippen LogP contribution in [0, 0.1) is 13.8 Å². The summed E-state index contributed by atoms with van der Waals surface area (Å²) in [6, 6.07) is 0. The molecule has 0 bridgehead atoms. The number of aromatic nitrogens is 1. The van der Waals surface area contributed by atoms with Crippen molar-refractivity contribution in [2.24, 2.45) is 4.99 Å². The highest BCUT2D eigenvalue weighted by Gasteiger charge is 2.13. The van der Waals surface area contributed by atoms with Gasteiger partial charge < -0.3 is 9.42 Å². The number of hydrogen-bond donors (Lipinski definition) is 0. The van der Waals surface area contributed by atoms with Crippen molar-refractivity contribution in [2.75, 3.05) is 6.54 Å². The molecule has 0 aromatic carbocycles. The zero-order valence-corrected chi connectivity index (χ0v) is 9.45. The van der Waals surface area contributed by atoms with Gasteiger partial charge in [-0.2, -0.15) is 0 Å². The Morgan fingerprint density at radius 2 is 2.33 bits per heavy atom. The summed E-state index contributed by atoms with van der Waals surface area (Å²) in [5, 5.41) is 4.65. The smallest absolute Gasteiger partial charge is 0.138 e. The third-order valence-corrected chi connectivity index (χ3v) is 2.56. The van der Waals surface area contributed by atoms with Crippen LogP contribution in [0.1, 0.15) is 17.0 Å². The molecule has 0 radical (unpaired) electrons. The van der Waals surface area contributed by atoms with Crippen LogP contribution in [0.4, 0.5) is 0 Å². The SMILES string of the molecule is Cc1noc(C)c1CN1C=NC=C(Cl)C1. The van der Waals surface area contributed by atoms with Crippen LogP contribution in [0.15, 0.2) is 20.7 Å². The van der Waals surface area contributed by atoms with E-state index in [4.69, 9.17) is 16.1 Å². The van der Waals surface area contributed by atoms with Crippen molar-refractivity contribution in [1.29, 1.82) is 0 Å². The molecular formula is C10H12ClN3O. The first-order valence-electron chi connectivity index (χ1n) is 4.70. The van der Waals surface area contributed by atoms with Crippen molar-refractivity contribution < 1.29 is 4.52 Å². The Bertz CT molecular complexity index is 403. The Kier molecular flexibility index (Phi) is 2.77. The Hall–Kier alpha value is -1.29. The molecule has 5 heteroatoms. The summed E-state index contributed by atoms with van der Waals surface area (Å²) in [5.74, 6) is 0.853. The molecule has 2 rings (SSSR count). The summed E-state index contributed by atoms with van der Waals surface area (Å²) in [6.45, 7) is 5.27. The molecule has 2 heterocycles. The molecular weight excluding hydrogens is 214 g/mol. The quantitative estimate of drug-likeness (QED) is 0.775. The summed E-state index contributed by atoms with van der Waals surface area (Å²) >= 11 is 5.90. The standard InChI is InChI=1S/C10H12ClN3O/c1-7-10(8(2)15-13-7)5-14-4-9(11)3-12-6-14/h3,6H,4-5H2,1-2H3. The molecule has 0 saturated heterocycles. The molecule has 80 valence electrons. The molecule has 1 aliphatic heterocycles. The van der Waals surface area contributed by atoms with E-state index < -0.39 is 0 Å². The van der Waals surface area contributed by atoms with Gasteiger partial charge >= 0.3 is 0 Å². The predicted octanol–water partition coefficient (Wildman–Crippen LogP) is 2.22. The number of aliphatic imine (C=N–C) groups is 1. The normalized spacial score (nSPS) is 15.7. The van der Waals surface area contributed by atoms with Gasteiger partial charge in [-0.05, 0) is 13.8 Å². The molecule has 1 aromatic rings. The molecule has 0 saturated carbocycles. The van der Waals surface area contributed by atoms with E-state index in [1.165, 1.54) is 0 Å². The van der Waals surface area contributed by atoms with E-state index in [1.54, 1.807) is 12.5 Å². The molecule has 0 aliphatic carbocycles. The Morgan fingerprint density at radius 3 is 2.93 bits per heavy atom. The maximum absolute atomic E-state index is 5.90. The maximum atomic E-state index is 5.90. The van der Waals surface area contributed by atoms with Gasteiger partial charge in [-0.3, -0.25) is 0 Å². The number of halogens is 1. The first kappa shape index (κ1) is 10.2. The summed E-state index contributed by atoms with van der Waals surface area (Å²) in [4.78, 5) is 6.06. The van der Waals surface area contributed by atoms with E-state index in [1.807, 2.05) is 18.7 Å². The van der Waals surface area contributed by atoms with Crippen LogP contribution >= 0.6 is 11.6 Å². The molecule has 0 unspecified atom stereocenters. The van der Waals surface area contributed by atoms with Crippen LogP contribution in [0.2, 0.25) is 0 Å². The molecule has 0 fully saturated rings. The summed E-state index contributed by atoms with van der Waals surface area (Å²) in [7, 11) is 0. The number of nitrogens with zero attached hydrogens (tertiary/aromatic N) is 3. The van der Waals surface area contributed by atoms with Gasteiger partial charge in [0, 0.05) is 18.3 Å². The second-order valence-corrected chi connectivity index (χ2v) is 4.03. The lowest BCUT2D eigenvalue weighted by Gasteiger charge is -2.20. The second kappa shape index (κ2) is 4.06. The highest BCUT2D eigenvalue weighted by Crippen LogP contribution is 2.17. The molecule has 0 spiro atoms. The maximum Gasteiger partial charge on any atom is 0.138 e. The molecule has 0 amide bonds. The Morgan fingerprint density at radius 1 is 1.53 bits per heavy atom. The first-order valence-corrected chi connectivity index (χ1v) is 5.08. The van der Waals surface area contributed by atoms with E-state index in [0.717, 1.165) is 28.6 Å². The fourth-order valence-electron chi connectivity index (χ4n) is 1.51. The van der Waals surface area contributed by atoms with Gasteiger partial charge in [0.05, 0.1) is 23.6 Å². The van der Waals surface area contributed by atoms with E-state index in [0.29, 0.717) is 6.54 Å². The van der Waals surface area contributed by atoms with Crippen LogP contribution in [0.25, 0.3) is 0 Å². The van der Waals surface area contributed by atoms with Crippen LogP contribution in [-0.2, 0) is 6.54 Å². The van der Waals surface area contributed by atoms with Crippen LogP contribution in [0.3, 0.4) is 0 Å². The zero-order valence-electron chi connectivity index (χ0n) is 8.70. The lowest BCUT2D eigenvalue weighted by molar-refractivity contribution is 0.388. The monoisotopic (exact) mass is 225 g/mol. The van der Waals surface area contributed by atoms with E-state index in [-0.39, 0.29) is 0 Å². The van der Waals surface area contributed by atoms with Gasteiger partial charge in [0.2, 0.25) is 0 Å². The second-order valence-electron chi connectivity index (χ2n) is 3.55. The fraction of sp³-hybridized carbons (Fsp3) is 0.400. The lowest BCUT2D eigenvalue weighted by atomic mass is 10.2. The van der Waals surface area contributed by atoms with Gasteiger partial charge in [-0.15, -0.1) is 0 Å². The van der Waals surface area contributed by atoms with Gasteiger partial charge in [-0.25, -0.2) is 4.99 Å². The van der Waals surface area contributed by atoms with Crippen molar-refractivity contribution in [2.45, 2.75) is 20.4 Å². The Labute approximate surface area is 93.2 Å². The molecule has 0 N–H and O–H groups in total. The molecule has 15 heavy (non-hydrogen) atoms. The third-order valence-electron chi connectivity index (χ3n) is 2.34. The van der Waals surface area contributed by atoms with Crippen molar-refractivity contribution >= 4 is 17.9 Å². The predicted molar refractivity (Wildman–Crippen MR) is 58.8 cm³/mol. The van der Waals surface area contributed by atoms with Crippen molar-refractivity contribution in [3.63, 3.8) is 0 Å². The topological polar surface area (TPSA) is 41.6 Å². The summed E-state index contributed by atoms with van der Waals surface area (Å²) in [6.07, 6.45) is 3.43.